The van der Waals surface area contributed by atoms with Gasteiger partial charge in [-0.3, -0.25) is 9.78 Å². The molecule has 1 N–H and O–H groups in total. The number of rotatable bonds is 4. The van der Waals surface area contributed by atoms with Crippen molar-refractivity contribution in [2.75, 3.05) is 43.4 Å². The van der Waals surface area contributed by atoms with Crippen molar-refractivity contribution in [3.8, 4) is 10.6 Å². The number of anilines is 2. The van der Waals surface area contributed by atoms with Crippen LogP contribution in [0.15, 0.2) is 42.7 Å². The van der Waals surface area contributed by atoms with Gasteiger partial charge in [0.1, 0.15) is 5.01 Å². The summed E-state index contributed by atoms with van der Waals surface area (Å²) in [5, 5.41) is 18.2. The van der Waals surface area contributed by atoms with Gasteiger partial charge in [-0.1, -0.05) is 11.3 Å². The topological polar surface area (TPSA) is 100 Å². The van der Waals surface area contributed by atoms with Gasteiger partial charge >= 0.3 is 6.18 Å². The standard InChI is InChI=1S/C22H19F3N8OS/c1-32-7-9-33(10-8-32)17-15-11-13(20-30-31-21(35-20)22(23,24)25)4-5-16(15)28-29-18(17)27-19(34)14-3-2-6-26-12-14/h2-6,11-12H,7-10H2,1H3,(H,27,29,34). The molecule has 1 amide bonds. The van der Waals surface area contributed by atoms with Crippen LogP contribution in [0.3, 0.4) is 0 Å². The lowest BCUT2D eigenvalue weighted by Crippen LogP contribution is -2.45. The highest BCUT2D eigenvalue weighted by atomic mass is 32.1. The van der Waals surface area contributed by atoms with Crippen molar-refractivity contribution in [3.63, 3.8) is 0 Å². The summed E-state index contributed by atoms with van der Waals surface area (Å²) in [6.07, 6.45) is -1.54. The van der Waals surface area contributed by atoms with Crippen molar-refractivity contribution in [2.45, 2.75) is 6.18 Å². The zero-order valence-electron chi connectivity index (χ0n) is 18.5. The molecule has 0 unspecified atom stereocenters. The second-order valence-electron chi connectivity index (χ2n) is 8.03. The van der Waals surface area contributed by atoms with Crippen LogP contribution < -0.4 is 10.2 Å². The van der Waals surface area contributed by atoms with Crippen LogP contribution in [0.4, 0.5) is 24.7 Å². The summed E-state index contributed by atoms with van der Waals surface area (Å²) >= 11 is 0.475. The van der Waals surface area contributed by atoms with Crippen LogP contribution in [0, 0.1) is 0 Å². The molecular weight excluding hydrogens is 481 g/mol. The molecule has 35 heavy (non-hydrogen) atoms. The van der Waals surface area contributed by atoms with E-state index in [4.69, 9.17) is 0 Å². The Morgan fingerprint density at radius 2 is 1.86 bits per heavy atom. The number of benzene rings is 1. The van der Waals surface area contributed by atoms with E-state index < -0.39 is 17.1 Å². The van der Waals surface area contributed by atoms with Crippen molar-refractivity contribution < 1.29 is 18.0 Å². The van der Waals surface area contributed by atoms with Gasteiger partial charge in [0.25, 0.3) is 5.91 Å². The number of likely N-dealkylation sites (N-methyl/N-ethyl adjacent to an activating group) is 1. The summed E-state index contributed by atoms with van der Waals surface area (Å²) in [6.45, 7) is 2.94. The predicted molar refractivity (Wildman–Crippen MR) is 125 cm³/mol. The third-order valence-electron chi connectivity index (χ3n) is 5.62. The SMILES string of the molecule is CN1CCN(c2c(NC(=O)c3cccnc3)nnc3ccc(-c4nnc(C(F)(F)F)s4)cc23)CC1. The number of hydrogen-bond donors (Lipinski definition) is 1. The number of piperazine rings is 1. The normalized spacial score (nSPS) is 14.9. The van der Waals surface area contributed by atoms with Gasteiger partial charge in [0, 0.05) is 49.5 Å². The first kappa shape index (κ1) is 23.1. The van der Waals surface area contributed by atoms with Gasteiger partial charge in [0.2, 0.25) is 5.01 Å². The summed E-state index contributed by atoms with van der Waals surface area (Å²) in [5.41, 5.74) is 2.03. The average Bonchev–Trinajstić information content (AvgIpc) is 3.36. The molecule has 1 aliphatic heterocycles. The van der Waals surface area contributed by atoms with E-state index in [2.05, 4.69) is 40.5 Å². The highest BCUT2D eigenvalue weighted by Crippen LogP contribution is 2.38. The largest absolute Gasteiger partial charge is 0.445 e. The van der Waals surface area contributed by atoms with E-state index in [9.17, 15) is 18.0 Å². The first-order valence-electron chi connectivity index (χ1n) is 10.7. The van der Waals surface area contributed by atoms with Crippen LogP contribution in [-0.4, -0.2) is 69.4 Å². The monoisotopic (exact) mass is 500 g/mol. The molecule has 1 saturated heterocycles. The summed E-state index contributed by atoms with van der Waals surface area (Å²) in [4.78, 5) is 21.1. The van der Waals surface area contributed by atoms with Gasteiger partial charge in [-0.05, 0) is 37.4 Å². The number of carbonyl (C=O) groups is 1. The lowest BCUT2D eigenvalue weighted by Gasteiger charge is -2.35. The van der Waals surface area contributed by atoms with E-state index in [1.165, 1.54) is 6.20 Å². The number of hydrogen-bond acceptors (Lipinski definition) is 9. The molecule has 1 fully saturated rings. The minimum absolute atomic E-state index is 0.140. The molecule has 4 heterocycles. The fourth-order valence-corrected chi connectivity index (χ4v) is 4.50. The van der Waals surface area contributed by atoms with Crippen molar-refractivity contribution in [2.24, 2.45) is 0 Å². The van der Waals surface area contributed by atoms with Crippen LogP contribution in [0.1, 0.15) is 15.4 Å². The van der Waals surface area contributed by atoms with Crippen molar-refractivity contribution in [1.29, 1.82) is 0 Å². The van der Waals surface area contributed by atoms with E-state index in [0.29, 0.717) is 52.1 Å². The summed E-state index contributed by atoms with van der Waals surface area (Å²) in [7, 11) is 2.02. The van der Waals surface area contributed by atoms with E-state index in [1.54, 1.807) is 36.5 Å². The van der Waals surface area contributed by atoms with E-state index in [0.717, 1.165) is 13.1 Å². The maximum Gasteiger partial charge on any atom is 0.445 e. The number of nitrogens with zero attached hydrogens (tertiary/aromatic N) is 7. The molecule has 13 heteroatoms. The number of alkyl halides is 3. The third kappa shape index (κ3) is 4.77. The Morgan fingerprint density at radius 1 is 1.06 bits per heavy atom. The van der Waals surface area contributed by atoms with Gasteiger partial charge in [-0.25, -0.2) is 0 Å². The molecule has 180 valence electrons. The maximum absolute atomic E-state index is 13.1. The van der Waals surface area contributed by atoms with Gasteiger partial charge in [-0.15, -0.1) is 20.4 Å². The number of nitrogens with one attached hydrogen (secondary N) is 1. The second kappa shape index (κ2) is 9.15. The van der Waals surface area contributed by atoms with Crippen LogP contribution in [0.25, 0.3) is 21.5 Å². The second-order valence-corrected chi connectivity index (χ2v) is 9.00. The van der Waals surface area contributed by atoms with Gasteiger partial charge in [0.15, 0.2) is 5.82 Å². The van der Waals surface area contributed by atoms with Crippen molar-refractivity contribution in [1.82, 2.24) is 30.3 Å². The Labute approximate surface area is 201 Å². The average molecular weight is 501 g/mol. The first-order valence-corrected chi connectivity index (χ1v) is 11.5. The molecule has 3 aromatic heterocycles. The van der Waals surface area contributed by atoms with Gasteiger partial charge in [-0.2, -0.15) is 13.2 Å². The number of fused-ring (bicyclic) bond motifs is 1. The maximum atomic E-state index is 13.1. The lowest BCUT2D eigenvalue weighted by molar-refractivity contribution is -0.138. The summed E-state index contributed by atoms with van der Waals surface area (Å²) < 4.78 is 39.2. The number of pyridine rings is 1. The van der Waals surface area contributed by atoms with E-state index in [1.807, 2.05) is 7.05 Å². The molecule has 1 aliphatic rings. The van der Waals surface area contributed by atoms with Crippen LogP contribution >= 0.6 is 11.3 Å². The van der Waals surface area contributed by atoms with Gasteiger partial charge < -0.3 is 15.1 Å². The summed E-state index contributed by atoms with van der Waals surface area (Å²) in [6, 6.07) is 8.33. The fraction of sp³-hybridized carbons (Fsp3) is 0.273. The highest BCUT2D eigenvalue weighted by Gasteiger charge is 2.35. The molecule has 5 rings (SSSR count). The quantitative estimate of drug-likeness (QED) is 0.454. The number of halogens is 3. The fourth-order valence-electron chi connectivity index (χ4n) is 3.79. The Kier molecular flexibility index (Phi) is 6.03. The molecule has 9 nitrogen and oxygen atoms in total. The van der Waals surface area contributed by atoms with Crippen LogP contribution in [0.5, 0.6) is 0 Å². The first-order chi connectivity index (χ1) is 16.8. The highest BCUT2D eigenvalue weighted by molar-refractivity contribution is 7.14. The van der Waals surface area contributed by atoms with E-state index >= 15 is 0 Å². The zero-order chi connectivity index (χ0) is 24.6. The molecule has 1 aromatic carbocycles. The van der Waals surface area contributed by atoms with Crippen molar-refractivity contribution >= 4 is 39.7 Å². The number of amides is 1. The molecule has 0 radical (unpaired) electrons. The number of aromatic nitrogens is 5. The number of carbonyl (C=O) groups excluding carboxylic acids is 1. The molecule has 0 saturated carbocycles. The molecular formula is C22H19F3N8OS. The molecule has 0 atom stereocenters. The zero-order valence-corrected chi connectivity index (χ0v) is 19.3. The smallest absolute Gasteiger partial charge is 0.365 e. The molecule has 0 aliphatic carbocycles. The Hall–Kier alpha value is -3.71. The van der Waals surface area contributed by atoms with E-state index in [-0.39, 0.29) is 10.8 Å². The predicted octanol–water partition coefficient (Wildman–Crippen LogP) is 3.57. The van der Waals surface area contributed by atoms with Gasteiger partial charge in [0.05, 0.1) is 16.8 Å². The molecule has 0 bridgehead atoms. The Balaban J connectivity index is 1.60. The third-order valence-corrected chi connectivity index (χ3v) is 6.64. The minimum atomic E-state index is -4.56. The molecule has 4 aromatic rings. The van der Waals surface area contributed by atoms with Crippen LogP contribution in [0.2, 0.25) is 0 Å². The van der Waals surface area contributed by atoms with Crippen molar-refractivity contribution in [3.05, 3.63) is 53.3 Å². The molecule has 0 spiro atoms. The minimum Gasteiger partial charge on any atom is -0.365 e. The Bertz CT molecular complexity index is 1370. The van der Waals surface area contributed by atoms with Crippen LogP contribution in [-0.2, 0) is 6.18 Å². The Morgan fingerprint density at radius 3 is 2.54 bits per heavy atom. The summed E-state index contributed by atoms with van der Waals surface area (Å²) in [5.74, 6) is -0.126. The lowest BCUT2D eigenvalue weighted by atomic mass is 10.1.